The van der Waals surface area contributed by atoms with E-state index < -0.39 is 0 Å². The van der Waals surface area contributed by atoms with Gasteiger partial charge >= 0.3 is 0 Å². The zero-order chi connectivity index (χ0) is 45.7. The topological polar surface area (TPSA) is 6.48 Å². The van der Waals surface area contributed by atoms with Crippen molar-refractivity contribution in [2.45, 2.75) is 173 Å². The maximum Gasteiger partial charge on any atom is 0.264 e. The number of rotatable bonds is 3. The van der Waals surface area contributed by atoms with E-state index in [0.29, 0.717) is 0 Å². The van der Waals surface area contributed by atoms with Gasteiger partial charge in [0.1, 0.15) is 0 Å². The normalized spacial score (nSPS) is 28.2. The van der Waals surface area contributed by atoms with E-state index in [9.17, 15) is 0 Å². The number of thiophene rings is 1. The molecule has 0 atom stereocenters. The Balaban J connectivity index is 1.15. The lowest BCUT2D eigenvalue weighted by Gasteiger charge is -2.57. The lowest BCUT2D eigenvalue weighted by molar-refractivity contribution is -0.00514. The van der Waals surface area contributed by atoms with Gasteiger partial charge in [0.2, 0.25) is 0 Å². The highest BCUT2D eigenvalue weighted by Crippen LogP contribution is 2.63. The largest absolute Gasteiger partial charge is 0.311 e. The van der Waals surface area contributed by atoms with Crippen LogP contribution >= 0.6 is 11.3 Å². The summed E-state index contributed by atoms with van der Waals surface area (Å²) < 4.78 is 2.90. The number of nitrogens with zero attached hydrogens (tertiary/aromatic N) is 2. The Bertz CT molecular complexity index is 2970. The molecule has 9 aliphatic rings. The average molecular weight is 887 g/mol. The predicted molar refractivity (Wildman–Crippen MR) is 285 cm³/mol. The molecule has 0 amide bonds. The Labute approximate surface area is 400 Å². The van der Waals surface area contributed by atoms with Gasteiger partial charge in [0.15, 0.2) is 0 Å². The van der Waals surface area contributed by atoms with Crippen LogP contribution in [-0.4, -0.2) is 6.71 Å². The van der Waals surface area contributed by atoms with Gasteiger partial charge in [0.05, 0.1) is 5.69 Å². The van der Waals surface area contributed by atoms with Crippen LogP contribution in [0.25, 0.3) is 10.1 Å². The fraction of sp³-hybridized carbons (Fsp3) is 0.484. The molecule has 0 saturated heterocycles. The second kappa shape index (κ2) is 13.5. The third-order valence-corrected chi connectivity index (χ3v) is 20.3. The van der Waals surface area contributed by atoms with E-state index in [0.717, 1.165) is 17.8 Å². The average Bonchev–Trinajstić information content (AvgIpc) is 3.64. The quantitative estimate of drug-likeness (QED) is 0.163. The van der Waals surface area contributed by atoms with Crippen molar-refractivity contribution < 1.29 is 0 Å². The highest BCUT2D eigenvalue weighted by atomic mass is 32.1. The number of hydrogen-bond donors (Lipinski definition) is 0. The van der Waals surface area contributed by atoms with Crippen LogP contribution in [0.3, 0.4) is 0 Å². The third-order valence-electron chi connectivity index (χ3n) is 19.1. The van der Waals surface area contributed by atoms with Gasteiger partial charge in [-0.15, -0.1) is 11.3 Å². The molecule has 7 aliphatic carbocycles. The van der Waals surface area contributed by atoms with E-state index in [4.69, 9.17) is 0 Å². The highest BCUT2D eigenvalue weighted by Gasteiger charge is 2.54. The van der Waals surface area contributed by atoms with Crippen LogP contribution in [0.1, 0.15) is 174 Å². The summed E-state index contributed by atoms with van der Waals surface area (Å²) in [6, 6.07) is 38.1. The molecular weight excluding hydrogens is 816 g/mol. The number of hydrogen-bond acceptors (Lipinski definition) is 3. The SMILES string of the molecule is CC(C)(C)c1ccc(N2c3ccc(C(C)(C)C)cc3B3c4sc5ccc(C(C)(C)C)cc5c4N(c4ccc5c(c4)C4(C)CCC5(C)CC4)c4cc(C56CC7CC(CC(C7)C5)C6)cc2c43)cc1. The Hall–Kier alpha value is -4.28. The molecule has 4 heteroatoms. The van der Waals surface area contributed by atoms with E-state index >= 15 is 0 Å². The van der Waals surface area contributed by atoms with E-state index in [1.54, 1.807) is 16.7 Å². The fourth-order valence-electron chi connectivity index (χ4n) is 15.4. The van der Waals surface area contributed by atoms with Crippen molar-refractivity contribution in [3.63, 3.8) is 0 Å². The van der Waals surface area contributed by atoms with E-state index in [1.807, 2.05) is 0 Å². The zero-order valence-electron chi connectivity index (χ0n) is 41.8. The molecule has 6 aromatic rings. The lowest BCUT2D eigenvalue weighted by atomic mass is 9.35. The van der Waals surface area contributed by atoms with Crippen molar-refractivity contribution in [3.05, 3.63) is 124 Å². The summed E-state index contributed by atoms with van der Waals surface area (Å²) in [5.41, 5.74) is 21.1. The molecule has 6 bridgehead atoms. The molecule has 0 spiro atoms. The summed E-state index contributed by atoms with van der Waals surface area (Å²) >= 11 is 2.07. The molecular formula is C62H71BN2S. The monoisotopic (exact) mass is 887 g/mol. The molecule has 5 fully saturated rings. The minimum atomic E-state index is 0.0141. The van der Waals surface area contributed by atoms with Gasteiger partial charge in [-0.2, -0.15) is 0 Å². The van der Waals surface area contributed by atoms with Gasteiger partial charge in [-0.05, 0) is 213 Å². The van der Waals surface area contributed by atoms with E-state index in [2.05, 4.69) is 188 Å². The maximum absolute atomic E-state index is 2.84. The van der Waals surface area contributed by atoms with Gasteiger partial charge in [-0.25, -0.2) is 0 Å². The van der Waals surface area contributed by atoms with Crippen molar-refractivity contribution in [2.24, 2.45) is 17.8 Å². The van der Waals surface area contributed by atoms with Crippen LogP contribution in [0.15, 0.2) is 91.0 Å². The number of benzene rings is 5. The summed E-state index contributed by atoms with van der Waals surface area (Å²) in [6.07, 6.45) is 13.6. The molecule has 15 rings (SSSR count). The first-order valence-electron chi connectivity index (χ1n) is 26.0. The van der Waals surface area contributed by atoms with Gasteiger partial charge < -0.3 is 9.80 Å². The Morgan fingerprint density at radius 3 is 1.67 bits per heavy atom. The van der Waals surface area contributed by atoms with Crippen molar-refractivity contribution in [1.82, 2.24) is 0 Å². The molecule has 2 aliphatic heterocycles. The summed E-state index contributed by atoms with van der Waals surface area (Å²) in [7, 11) is 0. The fourth-order valence-corrected chi connectivity index (χ4v) is 16.7. The number of fused-ring (bicyclic) bond motifs is 8. The van der Waals surface area contributed by atoms with Gasteiger partial charge in [-0.1, -0.05) is 113 Å². The van der Waals surface area contributed by atoms with Crippen LogP contribution in [-0.2, 0) is 32.5 Å². The van der Waals surface area contributed by atoms with E-state index in [-0.39, 0.29) is 39.2 Å². The highest BCUT2D eigenvalue weighted by molar-refractivity contribution is 7.33. The lowest BCUT2D eigenvalue weighted by Crippen LogP contribution is -2.61. The van der Waals surface area contributed by atoms with Crippen LogP contribution in [0, 0.1) is 17.8 Å². The van der Waals surface area contributed by atoms with Crippen LogP contribution in [0.2, 0.25) is 0 Å². The minimum absolute atomic E-state index is 0.0141. The molecule has 5 aromatic carbocycles. The number of anilines is 6. The predicted octanol–water partition coefficient (Wildman–Crippen LogP) is 15.4. The third kappa shape index (κ3) is 5.97. The second-order valence-corrected chi connectivity index (χ2v) is 27.8. The van der Waals surface area contributed by atoms with Crippen LogP contribution in [0.4, 0.5) is 34.1 Å². The summed E-state index contributed by atoms with van der Waals surface area (Å²) in [5, 5.41) is 1.42. The Kier molecular flexibility index (Phi) is 8.56. The molecule has 0 N–H and O–H groups in total. The first kappa shape index (κ1) is 41.9. The summed E-state index contributed by atoms with van der Waals surface area (Å²) in [6.45, 7) is 26.6. The molecule has 66 heavy (non-hydrogen) atoms. The summed E-state index contributed by atoms with van der Waals surface area (Å²) in [5.74, 6) is 2.60. The van der Waals surface area contributed by atoms with Crippen molar-refractivity contribution in [1.29, 1.82) is 0 Å². The molecule has 338 valence electrons. The van der Waals surface area contributed by atoms with Gasteiger partial charge in [0, 0.05) is 43.3 Å². The van der Waals surface area contributed by atoms with Gasteiger partial charge in [-0.3, -0.25) is 0 Å². The first-order valence-corrected chi connectivity index (χ1v) is 26.8. The molecule has 0 unspecified atom stereocenters. The zero-order valence-corrected chi connectivity index (χ0v) is 42.7. The standard InChI is InChI=1S/C62H71BN2S/c1-57(2,3)40-12-16-44(17-13-40)64-50-20-14-42(59(7,8)9)30-49(50)63-54-51(64)31-43(62-34-37-26-38(35-62)28-39(27-37)36-62)32-52(54)65(55-46-29-41(58(4,5)6)15-21-53(46)66-56(55)63)45-18-19-47-48(33-45)61(11)24-22-60(47,10)23-25-61/h12-21,29-33,37-39H,22-28,34-36H2,1-11H3. The van der Waals surface area contributed by atoms with Crippen LogP contribution in [0.5, 0.6) is 0 Å². The van der Waals surface area contributed by atoms with Crippen molar-refractivity contribution in [3.8, 4) is 0 Å². The van der Waals surface area contributed by atoms with Gasteiger partial charge in [0.25, 0.3) is 6.71 Å². The van der Waals surface area contributed by atoms with E-state index in [1.165, 1.54) is 141 Å². The molecule has 0 radical (unpaired) electrons. The molecule has 5 saturated carbocycles. The van der Waals surface area contributed by atoms with Crippen LogP contribution < -0.4 is 25.5 Å². The maximum atomic E-state index is 2.84. The smallest absolute Gasteiger partial charge is 0.264 e. The second-order valence-electron chi connectivity index (χ2n) is 26.7. The van der Waals surface area contributed by atoms with Crippen molar-refractivity contribution in [2.75, 3.05) is 9.80 Å². The molecule has 2 nitrogen and oxygen atoms in total. The molecule has 1 aromatic heterocycles. The molecule has 3 heterocycles. The Morgan fingerprint density at radius 1 is 0.530 bits per heavy atom. The first-order chi connectivity index (χ1) is 31.2. The summed E-state index contributed by atoms with van der Waals surface area (Å²) in [4.78, 5) is 5.56. The Morgan fingerprint density at radius 2 is 1.06 bits per heavy atom. The van der Waals surface area contributed by atoms with Crippen molar-refractivity contribution >= 4 is 78.0 Å². The minimum Gasteiger partial charge on any atom is -0.311 e.